The van der Waals surface area contributed by atoms with Gasteiger partial charge in [0.2, 0.25) is 6.41 Å². The maximum Gasteiger partial charge on any atom is 0.356 e. The molecule has 9 heteroatoms. The van der Waals surface area contributed by atoms with Gasteiger partial charge >= 0.3 is 5.97 Å². The number of aliphatic hydroxyl groups excluding tert-OH is 1. The normalized spacial score (nSPS) is 19.4. The van der Waals surface area contributed by atoms with E-state index in [2.05, 4.69) is 6.58 Å². The molecule has 2 aliphatic rings. The van der Waals surface area contributed by atoms with Gasteiger partial charge in [-0.1, -0.05) is 66.7 Å². The van der Waals surface area contributed by atoms with Crippen LogP contribution in [0, 0.1) is 0 Å². The molecule has 2 aromatic carbocycles. The predicted octanol–water partition coefficient (Wildman–Crippen LogP) is 2.43. The molecule has 2 amide bonds. The van der Waals surface area contributed by atoms with Gasteiger partial charge in [0.05, 0.1) is 13.2 Å². The Morgan fingerprint density at radius 2 is 1.79 bits per heavy atom. The first kappa shape index (κ1) is 23.7. The van der Waals surface area contributed by atoms with E-state index in [-0.39, 0.29) is 12.3 Å². The molecule has 0 spiro atoms. The summed E-state index contributed by atoms with van der Waals surface area (Å²) in [7, 11) is 0. The third-order valence-corrected chi connectivity index (χ3v) is 6.88. The Morgan fingerprint density at radius 3 is 2.32 bits per heavy atom. The second-order valence-electron chi connectivity index (χ2n) is 7.62. The van der Waals surface area contributed by atoms with Gasteiger partial charge in [0.25, 0.3) is 5.91 Å². The van der Waals surface area contributed by atoms with Crippen LogP contribution in [0.15, 0.2) is 84.6 Å². The minimum atomic E-state index is -0.885. The zero-order chi connectivity index (χ0) is 24.1. The number of carbonyl (C=O) groups excluding carboxylic acids is 3. The number of esters is 1. The Hall–Kier alpha value is -3.40. The van der Waals surface area contributed by atoms with Gasteiger partial charge in [0, 0.05) is 5.75 Å². The first-order chi connectivity index (χ1) is 16.6. The summed E-state index contributed by atoms with van der Waals surface area (Å²) < 4.78 is 5.94. The van der Waals surface area contributed by atoms with Gasteiger partial charge in [0.1, 0.15) is 11.1 Å². The molecule has 0 bridgehead atoms. The Kier molecular flexibility index (Phi) is 7.46. The number of nitrogens with zero attached hydrogens (tertiary/aromatic N) is 2. The fourth-order valence-corrected chi connectivity index (χ4v) is 5.31. The van der Waals surface area contributed by atoms with E-state index in [0.717, 1.165) is 16.2 Å². The summed E-state index contributed by atoms with van der Waals surface area (Å²) in [6.45, 7) is 3.20. The second-order valence-corrected chi connectivity index (χ2v) is 8.73. The molecular weight excluding hydrogens is 456 g/mol. The molecular formula is C25H24N2O6S. The van der Waals surface area contributed by atoms with Crippen LogP contribution >= 0.6 is 11.8 Å². The van der Waals surface area contributed by atoms with Gasteiger partial charge in [-0.2, -0.15) is 0 Å². The monoisotopic (exact) mass is 480 g/mol. The van der Waals surface area contributed by atoms with Gasteiger partial charge in [0.15, 0.2) is 12.1 Å². The highest BCUT2D eigenvalue weighted by Gasteiger charge is 2.57. The van der Waals surface area contributed by atoms with Crippen molar-refractivity contribution >= 4 is 30.0 Å². The first-order valence-electron chi connectivity index (χ1n) is 10.7. The Labute approximate surface area is 201 Å². The number of thioether (sulfide) groups is 1. The fraction of sp³-hybridized carbons (Fsp3) is 0.240. The van der Waals surface area contributed by atoms with Crippen molar-refractivity contribution in [2.75, 3.05) is 19.0 Å². The lowest BCUT2D eigenvalue weighted by molar-refractivity contribution is -0.205. The van der Waals surface area contributed by atoms with Crippen molar-refractivity contribution < 1.29 is 29.1 Å². The van der Waals surface area contributed by atoms with Crippen LogP contribution in [0.3, 0.4) is 0 Å². The Balaban J connectivity index is 1.62. The minimum absolute atomic E-state index is 0.0129. The van der Waals surface area contributed by atoms with Crippen molar-refractivity contribution in [3.8, 4) is 0 Å². The lowest BCUT2D eigenvalue weighted by atomic mass is 10.0. The molecule has 0 radical (unpaired) electrons. The van der Waals surface area contributed by atoms with Gasteiger partial charge in [-0.15, -0.1) is 18.3 Å². The van der Waals surface area contributed by atoms with Crippen LogP contribution in [0.1, 0.15) is 17.2 Å². The number of hydrogen-bond donors (Lipinski definition) is 1. The second kappa shape index (κ2) is 10.7. The Bertz CT molecular complexity index is 1050. The highest BCUT2D eigenvalue weighted by molar-refractivity contribution is 8.00. The summed E-state index contributed by atoms with van der Waals surface area (Å²) in [5, 5.41) is 10.3. The average molecular weight is 481 g/mol. The maximum atomic E-state index is 13.5. The van der Waals surface area contributed by atoms with E-state index in [1.54, 1.807) is 0 Å². The summed E-state index contributed by atoms with van der Waals surface area (Å²) in [5.41, 5.74) is 1.95. The molecule has 8 nitrogen and oxygen atoms in total. The molecule has 2 heterocycles. The van der Waals surface area contributed by atoms with Crippen molar-refractivity contribution in [3.63, 3.8) is 0 Å². The van der Waals surface area contributed by atoms with Crippen LogP contribution in [-0.4, -0.2) is 63.7 Å². The minimum Gasteiger partial charge on any atom is -0.448 e. The van der Waals surface area contributed by atoms with Crippen molar-refractivity contribution in [1.29, 1.82) is 0 Å². The molecule has 34 heavy (non-hydrogen) atoms. The van der Waals surface area contributed by atoms with E-state index in [4.69, 9.17) is 9.57 Å². The largest absolute Gasteiger partial charge is 0.448 e. The third-order valence-electron chi connectivity index (χ3n) is 5.55. The van der Waals surface area contributed by atoms with Gasteiger partial charge in [-0.05, 0) is 16.7 Å². The van der Waals surface area contributed by atoms with Gasteiger partial charge < -0.3 is 9.84 Å². The summed E-state index contributed by atoms with van der Waals surface area (Å²) >= 11 is 1.34. The summed E-state index contributed by atoms with van der Waals surface area (Å²) in [6.07, 6.45) is 1.20. The number of hydrogen-bond acceptors (Lipinski definition) is 7. The number of fused-ring (bicyclic) bond motifs is 1. The number of hydroxylamine groups is 2. The van der Waals surface area contributed by atoms with Crippen LogP contribution in [0.25, 0.3) is 0 Å². The van der Waals surface area contributed by atoms with Crippen molar-refractivity contribution in [2.24, 2.45) is 0 Å². The van der Waals surface area contributed by atoms with E-state index in [1.807, 2.05) is 60.7 Å². The summed E-state index contributed by atoms with van der Waals surface area (Å²) in [6, 6.07) is 17.7. The highest BCUT2D eigenvalue weighted by Crippen LogP contribution is 2.43. The van der Waals surface area contributed by atoms with E-state index in [0.29, 0.717) is 17.7 Å². The average Bonchev–Trinajstić information content (AvgIpc) is 2.89. The van der Waals surface area contributed by atoms with E-state index in [9.17, 15) is 19.5 Å². The number of amides is 2. The van der Waals surface area contributed by atoms with E-state index in [1.165, 1.54) is 22.7 Å². The number of carbonyl (C=O) groups is 3. The van der Waals surface area contributed by atoms with Crippen LogP contribution in [0.2, 0.25) is 0 Å². The number of β-lactam (4-membered cyclic amide) rings is 1. The van der Waals surface area contributed by atoms with Crippen LogP contribution in [0.4, 0.5) is 0 Å². The standard InChI is InChI=1S/C25H24N2O6S/c1-2-13-32-26(16-29)21-23(30)27-20(19(14-28)15-34-24(21)27)25(31)33-22(17-9-5-3-6-10-17)18-11-7-4-8-12-18/h2-12,16,21-22,24,28H,1,13-15H2/t21?,24-/m1/s1. The molecule has 2 atom stereocenters. The lowest BCUT2D eigenvalue weighted by Crippen LogP contribution is -2.70. The van der Waals surface area contributed by atoms with Gasteiger partial charge in [-0.3, -0.25) is 19.3 Å². The van der Waals surface area contributed by atoms with Crippen LogP contribution in [0.5, 0.6) is 0 Å². The molecule has 0 aliphatic carbocycles. The zero-order valence-electron chi connectivity index (χ0n) is 18.3. The molecule has 1 unspecified atom stereocenters. The SMILES string of the molecule is C=CCON(C=O)C1C(=O)N2C(C(=O)OC(c3ccccc3)c3ccccc3)=C(CO)CS[C@H]12. The zero-order valence-corrected chi connectivity index (χ0v) is 19.1. The van der Waals surface area contributed by atoms with Crippen LogP contribution in [-0.2, 0) is 24.0 Å². The van der Waals surface area contributed by atoms with Crippen molar-refractivity contribution in [3.05, 3.63) is 95.7 Å². The maximum absolute atomic E-state index is 13.5. The van der Waals surface area contributed by atoms with E-state index >= 15 is 0 Å². The molecule has 2 aliphatic heterocycles. The molecule has 1 N–H and O–H groups in total. The van der Waals surface area contributed by atoms with Crippen molar-refractivity contribution in [2.45, 2.75) is 17.5 Å². The van der Waals surface area contributed by atoms with Crippen molar-refractivity contribution in [1.82, 2.24) is 9.96 Å². The molecule has 2 aromatic rings. The van der Waals surface area contributed by atoms with Gasteiger partial charge in [-0.25, -0.2) is 9.86 Å². The number of benzene rings is 2. The predicted molar refractivity (Wildman–Crippen MR) is 126 cm³/mol. The summed E-state index contributed by atoms with van der Waals surface area (Å²) in [4.78, 5) is 44.6. The number of ether oxygens (including phenoxy) is 1. The highest BCUT2D eigenvalue weighted by atomic mass is 32.2. The first-order valence-corrected chi connectivity index (χ1v) is 11.7. The smallest absolute Gasteiger partial charge is 0.356 e. The molecule has 0 aromatic heterocycles. The quantitative estimate of drug-likeness (QED) is 0.183. The molecule has 1 saturated heterocycles. The molecule has 176 valence electrons. The third kappa shape index (κ3) is 4.50. The van der Waals surface area contributed by atoms with Crippen LogP contribution < -0.4 is 0 Å². The fourth-order valence-electron chi connectivity index (χ4n) is 3.94. The number of aliphatic hydroxyl groups is 1. The number of rotatable bonds is 10. The topological polar surface area (TPSA) is 96.4 Å². The molecule has 0 saturated carbocycles. The lowest BCUT2D eigenvalue weighted by Gasteiger charge is -2.51. The molecule has 1 fully saturated rings. The molecule has 4 rings (SSSR count). The Morgan fingerprint density at radius 1 is 1.18 bits per heavy atom. The summed E-state index contributed by atoms with van der Waals surface area (Å²) in [5.74, 6) is -0.896. The van der Waals surface area contributed by atoms with E-state index < -0.39 is 36.0 Å².